The van der Waals surface area contributed by atoms with Gasteiger partial charge in [-0.2, -0.15) is 5.10 Å². The van der Waals surface area contributed by atoms with Crippen LogP contribution in [0.2, 0.25) is 0 Å². The van der Waals surface area contributed by atoms with Crippen molar-refractivity contribution in [3.63, 3.8) is 0 Å². The van der Waals surface area contributed by atoms with Gasteiger partial charge in [0.05, 0.1) is 11.1 Å². The summed E-state index contributed by atoms with van der Waals surface area (Å²) in [6.45, 7) is 2.56. The lowest BCUT2D eigenvalue weighted by Gasteiger charge is -2.23. The molecule has 2 saturated heterocycles. The minimum absolute atomic E-state index is 0.134. The van der Waals surface area contributed by atoms with Crippen molar-refractivity contribution in [2.45, 2.75) is 44.4 Å². The number of hydrogen-bond donors (Lipinski definition) is 1. The van der Waals surface area contributed by atoms with Gasteiger partial charge >= 0.3 is 5.97 Å². The van der Waals surface area contributed by atoms with Crippen molar-refractivity contribution in [1.29, 1.82) is 0 Å². The molecule has 2 atom stereocenters. The van der Waals surface area contributed by atoms with E-state index in [0.29, 0.717) is 19.3 Å². The molecule has 0 spiro atoms. The monoisotopic (exact) mass is 485 g/mol. The number of likely N-dealkylation sites (N-methyl/N-ethyl adjacent to an activating group) is 1. The van der Waals surface area contributed by atoms with Gasteiger partial charge in [-0.1, -0.05) is 18.2 Å². The van der Waals surface area contributed by atoms with E-state index in [9.17, 15) is 9.90 Å². The maximum absolute atomic E-state index is 11.7. The van der Waals surface area contributed by atoms with Gasteiger partial charge in [-0.25, -0.2) is 9.48 Å². The largest absolute Gasteiger partial charge is 0.492 e. The molecule has 1 N–H and O–H groups in total. The number of fused-ring (bicyclic) bond motifs is 2. The number of carbonyl (C=O) groups is 1. The van der Waals surface area contributed by atoms with Crippen molar-refractivity contribution >= 4 is 27.6 Å². The summed E-state index contributed by atoms with van der Waals surface area (Å²) in [7, 11) is 2.16. The predicted molar refractivity (Wildman–Crippen MR) is 140 cm³/mol. The minimum Gasteiger partial charge on any atom is -0.492 e. The van der Waals surface area contributed by atoms with Crippen LogP contribution in [0.4, 0.5) is 0 Å². The standard InChI is InChI=1S/C29H31N3O4/c1-31-13-4-5-23(31)18-36-24-11-9-19-15-21(8-7-20(19)16-24)28-25-17-22(29(33)34)10-12-26(25)32(30-28)27-6-2-3-14-35-27/h7-12,15-17,23,27H,2-6,13-14,18H2,1H3,(H,33,34). The third kappa shape index (κ3) is 4.33. The Bertz CT molecular complexity index is 1420. The van der Waals surface area contributed by atoms with E-state index in [1.807, 2.05) is 16.8 Å². The van der Waals surface area contributed by atoms with Gasteiger partial charge in [-0.05, 0) is 92.9 Å². The fourth-order valence-electron chi connectivity index (χ4n) is 5.47. The Balaban J connectivity index is 1.35. The number of benzene rings is 3. The molecule has 7 nitrogen and oxygen atoms in total. The third-order valence-electron chi connectivity index (χ3n) is 7.58. The van der Waals surface area contributed by atoms with E-state index in [-0.39, 0.29) is 11.8 Å². The first-order valence-corrected chi connectivity index (χ1v) is 12.8. The Morgan fingerprint density at radius 1 is 1.06 bits per heavy atom. The zero-order valence-corrected chi connectivity index (χ0v) is 20.5. The highest BCUT2D eigenvalue weighted by atomic mass is 16.5. The van der Waals surface area contributed by atoms with Crippen LogP contribution in [0.3, 0.4) is 0 Å². The molecule has 2 fully saturated rings. The van der Waals surface area contributed by atoms with Crippen LogP contribution in [-0.2, 0) is 4.74 Å². The summed E-state index contributed by atoms with van der Waals surface area (Å²) in [6, 6.07) is 18.1. The quantitative estimate of drug-likeness (QED) is 0.376. The molecule has 0 amide bonds. The lowest BCUT2D eigenvalue weighted by Crippen LogP contribution is -2.30. The highest BCUT2D eigenvalue weighted by molar-refractivity contribution is 6.00. The van der Waals surface area contributed by atoms with Crippen molar-refractivity contribution in [3.05, 3.63) is 60.2 Å². The lowest BCUT2D eigenvalue weighted by molar-refractivity contribution is -0.0365. The van der Waals surface area contributed by atoms with Crippen LogP contribution in [0.15, 0.2) is 54.6 Å². The van der Waals surface area contributed by atoms with Crippen LogP contribution in [0, 0.1) is 0 Å². The van der Waals surface area contributed by atoms with E-state index >= 15 is 0 Å². The Hall–Kier alpha value is -3.42. The van der Waals surface area contributed by atoms with Crippen molar-refractivity contribution in [2.24, 2.45) is 0 Å². The van der Waals surface area contributed by atoms with Gasteiger partial charge in [0, 0.05) is 23.6 Å². The summed E-state index contributed by atoms with van der Waals surface area (Å²) < 4.78 is 14.1. The van der Waals surface area contributed by atoms with E-state index in [4.69, 9.17) is 14.6 Å². The molecule has 186 valence electrons. The van der Waals surface area contributed by atoms with Crippen LogP contribution in [0.1, 0.15) is 48.7 Å². The second-order valence-corrected chi connectivity index (χ2v) is 9.96. The number of nitrogens with zero attached hydrogens (tertiary/aromatic N) is 3. The van der Waals surface area contributed by atoms with Gasteiger partial charge < -0.3 is 19.5 Å². The fourth-order valence-corrected chi connectivity index (χ4v) is 5.47. The van der Waals surface area contributed by atoms with Gasteiger partial charge in [-0.3, -0.25) is 0 Å². The van der Waals surface area contributed by atoms with Crippen molar-refractivity contribution in [1.82, 2.24) is 14.7 Å². The highest BCUT2D eigenvalue weighted by Crippen LogP contribution is 2.35. The molecule has 3 aromatic carbocycles. The molecule has 4 aromatic rings. The molecule has 36 heavy (non-hydrogen) atoms. The number of ether oxygens (including phenoxy) is 2. The Kier molecular flexibility index (Phi) is 6.11. The van der Waals surface area contributed by atoms with E-state index < -0.39 is 5.97 Å². The molecular formula is C29H31N3O4. The molecule has 1 aromatic heterocycles. The molecule has 3 heterocycles. The van der Waals surface area contributed by atoms with Crippen molar-refractivity contribution in [3.8, 4) is 17.0 Å². The molecule has 2 aliphatic heterocycles. The first-order chi connectivity index (χ1) is 17.6. The summed E-state index contributed by atoms with van der Waals surface area (Å²) in [5.41, 5.74) is 2.87. The Morgan fingerprint density at radius 2 is 1.92 bits per heavy atom. The van der Waals surface area contributed by atoms with Crippen LogP contribution < -0.4 is 4.74 Å². The average molecular weight is 486 g/mol. The molecule has 6 rings (SSSR count). The number of aromatic carboxylic acids is 1. The highest BCUT2D eigenvalue weighted by Gasteiger charge is 2.23. The first-order valence-electron chi connectivity index (χ1n) is 12.8. The number of rotatable bonds is 6. The SMILES string of the molecule is CN1CCCC1COc1ccc2cc(-c3nn(C4CCCCO4)c4ccc(C(=O)O)cc34)ccc2c1. The molecular weight excluding hydrogens is 454 g/mol. The molecule has 7 heteroatoms. The molecule has 2 aliphatic rings. The minimum atomic E-state index is -0.945. The molecule has 0 radical (unpaired) electrons. The summed E-state index contributed by atoms with van der Waals surface area (Å²) >= 11 is 0. The topological polar surface area (TPSA) is 76.8 Å². The van der Waals surface area contributed by atoms with E-state index in [1.54, 1.807) is 12.1 Å². The maximum Gasteiger partial charge on any atom is 0.335 e. The summed E-state index contributed by atoms with van der Waals surface area (Å²) in [5.74, 6) is -0.0646. The zero-order chi connectivity index (χ0) is 24.6. The number of hydrogen-bond acceptors (Lipinski definition) is 5. The lowest BCUT2D eigenvalue weighted by atomic mass is 10.0. The number of aromatic nitrogens is 2. The van der Waals surface area contributed by atoms with Gasteiger partial charge in [-0.15, -0.1) is 0 Å². The summed E-state index contributed by atoms with van der Waals surface area (Å²) in [4.78, 5) is 14.1. The van der Waals surface area contributed by atoms with Crippen LogP contribution in [0.25, 0.3) is 32.9 Å². The molecule has 2 unspecified atom stereocenters. The normalized spacial score (nSPS) is 20.8. The van der Waals surface area contributed by atoms with Crippen LogP contribution >= 0.6 is 0 Å². The second-order valence-electron chi connectivity index (χ2n) is 9.96. The van der Waals surface area contributed by atoms with E-state index in [0.717, 1.165) is 64.5 Å². The van der Waals surface area contributed by atoms with Crippen LogP contribution in [0.5, 0.6) is 5.75 Å². The smallest absolute Gasteiger partial charge is 0.335 e. The van der Waals surface area contributed by atoms with Crippen molar-refractivity contribution < 1.29 is 19.4 Å². The maximum atomic E-state index is 11.7. The average Bonchev–Trinajstić information content (AvgIpc) is 3.50. The van der Waals surface area contributed by atoms with Gasteiger partial charge in [0.25, 0.3) is 0 Å². The number of carboxylic acid groups (broad SMARTS) is 1. The fraction of sp³-hybridized carbons (Fsp3) is 0.379. The van der Waals surface area contributed by atoms with Crippen LogP contribution in [-0.4, -0.2) is 58.6 Å². The van der Waals surface area contributed by atoms with Gasteiger partial charge in [0.15, 0.2) is 6.23 Å². The van der Waals surface area contributed by atoms with E-state index in [2.05, 4.69) is 42.3 Å². The first kappa shape index (κ1) is 23.0. The molecule has 0 aliphatic carbocycles. The van der Waals surface area contributed by atoms with Gasteiger partial charge in [0.1, 0.15) is 18.1 Å². The number of carboxylic acids is 1. The summed E-state index contributed by atoms with van der Waals surface area (Å²) in [5, 5.41) is 17.6. The molecule has 0 bridgehead atoms. The third-order valence-corrected chi connectivity index (χ3v) is 7.58. The summed E-state index contributed by atoms with van der Waals surface area (Å²) in [6.07, 6.45) is 5.32. The predicted octanol–water partition coefficient (Wildman–Crippen LogP) is 5.73. The van der Waals surface area contributed by atoms with E-state index in [1.165, 1.54) is 12.8 Å². The molecule has 0 saturated carbocycles. The van der Waals surface area contributed by atoms with Gasteiger partial charge in [0.2, 0.25) is 0 Å². The van der Waals surface area contributed by atoms with Crippen molar-refractivity contribution in [2.75, 3.05) is 26.8 Å². The second kappa shape index (κ2) is 9.56. The Morgan fingerprint density at radius 3 is 2.69 bits per heavy atom. The Labute approximate surface area is 210 Å². The number of likely N-dealkylation sites (tertiary alicyclic amines) is 1. The zero-order valence-electron chi connectivity index (χ0n) is 20.5.